The van der Waals surface area contributed by atoms with Crippen LogP contribution in [0.1, 0.15) is 32.0 Å². The molecule has 0 aliphatic heterocycles. The molecule has 11 heavy (non-hydrogen) atoms. The van der Waals surface area contributed by atoms with Crippen molar-refractivity contribution < 1.29 is 0 Å². The molecule has 1 aromatic rings. The molecule has 0 aliphatic rings. The van der Waals surface area contributed by atoms with Crippen molar-refractivity contribution in [3.05, 3.63) is 36.5 Å². The minimum atomic E-state index is 0.204. The first kappa shape index (κ1) is 8.25. The van der Waals surface area contributed by atoms with Crippen molar-refractivity contribution in [1.29, 1.82) is 0 Å². The summed E-state index contributed by atoms with van der Waals surface area (Å²) in [6.45, 7) is 10.3. The number of hydrogen-bond donors (Lipinski definition) is 0. The van der Waals surface area contributed by atoms with Crippen LogP contribution in [-0.2, 0) is 5.41 Å². The van der Waals surface area contributed by atoms with Crippen LogP contribution >= 0.6 is 0 Å². The fourth-order valence-electron chi connectivity index (χ4n) is 0.945. The van der Waals surface area contributed by atoms with Gasteiger partial charge in [-0.3, -0.25) is 4.98 Å². The number of rotatable bonds is 0. The lowest BCUT2D eigenvalue weighted by molar-refractivity contribution is 0.589. The van der Waals surface area contributed by atoms with Crippen molar-refractivity contribution in [1.82, 2.24) is 4.98 Å². The van der Waals surface area contributed by atoms with Gasteiger partial charge in [-0.2, -0.15) is 0 Å². The third-order valence-corrected chi connectivity index (χ3v) is 1.68. The Morgan fingerprint density at radius 3 is 2.36 bits per heavy atom. The molecule has 0 bridgehead atoms. The SMILES string of the molecule is [CH2]c1cc(C(C)(C)C)ccn1. The van der Waals surface area contributed by atoms with E-state index in [1.165, 1.54) is 5.56 Å². The minimum absolute atomic E-state index is 0.204. The lowest BCUT2D eigenvalue weighted by Gasteiger charge is -2.18. The standard InChI is InChI=1S/C10H14N/c1-8-7-9(5-6-11-8)10(2,3)4/h5-7H,1H2,2-4H3. The van der Waals surface area contributed by atoms with Crippen LogP contribution in [-0.4, -0.2) is 4.98 Å². The number of pyridine rings is 1. The summed E-state index contributed by atoms with van der Waals surface area (Å²) in [5, 5.41) is 0. The first-order chi connectivity index (χ1) is 5.00. The predicted molar refractivity (Wildman–Crippen MR) is 47.4 cm³/mol. The number of nitrogens with zero attached hydrogens (tertiary/aromatic N) is 1. The van der Waals surface area contributed by atoms with E-state index in [0.29, 0.717) is 0 Å². The summed E-state index contributed by atoms with van der Waals surface area (Å²) < 4.78 is 0. The molecule has 0 saturated carbocycles. The normalized spacial score (nSPS) is 11.6. The van der Waals surface area contributed by atoms with Crippen LogP contribution in [0.4, 0.5) is 0 Å². The van der Waals surface area contributed by atoms with Gasteiger partial charge in [-0.25, -0.2) is 0 Å². The minimum Gasteiger partial charge on any atom is -0.261 e. The van der Waals surface area contributed by atoms with E-state index in [4.69, 9.17) is 0 Å². The van der Waals surface area contributed by atoms with Crippen LogP contribution in [0.2, 0.25) is 0 Å². The lowest BCUT2D eigenvalue weighted by atomic mass is 9.87. The molecule has 0 aromatic carbocycles. The van der Waals surface area contributed by atoms with Gasteiger partial charge in [0.15, 0.2) is 0 Å². The van der Waals surface area contributed by atoms with Crippen LogP contribution < -0.4 is 0 Å². The monoisotopic (exact) mass is 148 g/mol. The van der Waals surface area contributed by atoms with Crippen molar-refractivity contribution in [2.75, 3.05) is 0 Å². The van der Waals surface area contributed by atoms with Crippen molar-refractivity contribution >= 4 is 0 Å². The maximum atomic E-state index is 4.04. The van der Waals surface area contributed by atoms with Gasteiger partial charge in [-0.15, -0.1) is 0 Å². The van der Waals surface area contributed by atoms with Gasteiger partial charge in [0.1, 0.15) is 0 Å². The van der Waals surface area contributed by atoms with E-state index in [1.54, 1.807) is 0 Å². The molecule has 1 aromatic heterocycles. The van der Waals surface area contributed by atoms with E-state index >= 15 is 0 Å². The van der Waals surface area contributed by atoms with Gasteiger partial charge < -0.3 is 0 Å². The average Bonchev–Trinajstić information content (AvgIpc) is 1.86. The summed E-state index contributed by atoms with van der Waals surface area (Å²) in [4.78, 5) is 4.04. The van der Waals surface area contributed by atoms with Gasteiger partial charge >= 0.3 is 0 Å². The van der Waals surface area contributed by atoms with E-state index in [2.05, 4.69) is 32.7 Å². The van der Waals surface area contributed by atoms with Crippen LogP contribution in [0.3, 0.4) is 0 Å². The van der Waals surface area contributed by atoms with Crippen molar-refractivity contribution in [2.24, 2.45) is 0 Å². The quantitative estimate of drug-likeness (QED) is 0.551. The molecular weight excluding hydrogens is 134 g/mol. The highest BCUT2D eigenvalue weighted by Crippen LogP contribution is 2.21. The average molecular weight is 148 g/mol. The molecule has 0 N–H and O–H groups in total. The summed E-state index contributed by atoms with van der Waals surface area (Å²) in [5.74, 6) is 0. The molecule has 0 amide bonds. The van der Waals surface area contributed by atoms with Crippen molar-refractivity contribution in [2.45, 2.75) is 26.2 Å². The molecular formula is C10H14N. The van der Waals surface area contributed by atoms with Gasteiger partial charge in [0, 0.05) is 11.9 Å². The van der Waals surface area contributed by atoms with E-state index in [9.17, 15) is 0 Å². The molecule has 59 valence electrons. The smallest absolute Gasteiger partial charge is 0.0410 e. The fourth-order valence-corrected chi connectivity index (χ4v) is 0.945. The molecule has 1 nitrogen and oxygen atoms in total. The molecule has 1 radical (unpaired) electrons. The Bertz CT molecular complexity index is 245. The largest absolute Gasteiger partial charge is 0.261 e. The molecule has 0 atom stereocenters. The zero-order valence-corrected chi connectivity index (χ0v) is 7.39. The zero-order valence-electron chi connectivity index (χ0n) is 7.39. The molecule has 0 spiro atoms. The third-order valence-electron chi connectivity index (χ3n) is 1.68. The molecule has 0 aliphatic carbocycles. The highest BCUT2D eigenvalue weighted by molar-refractivity contribution is 5.24. The van der Waals surface area contributed by atoms with E-state index in [0.717, 1.165) is 5.69 Å². The van der Waals surface area contributed by atoms with Crippen LogP contribution in [0, 0.1) is 6.92 Å². The number of hydrogen-bond acceptors (Lipinski definition) is 1. The van der Waals surface area contributed by atoms with E-state index in [-0.39, 0.29) is 5.41 Å². The molecule has 0 saturated heterocycles. The van der Waals surface area contributed by atoms with Gasteiger partial charge in [-0.1, -0.05) is 20.8 Å². The second kappa shape index (κ2) is 2.65. The van der Waals surface area contributed by atoms with Gasteiger partial charge in [-0.05, 0) is 30.0 Å². The molecule has 1 rings (SSSR count). The third kappa shape index (κ3) is 2.04. The van der Waals surface area contributed by atoms with E-state index < -0.39 is 0 Å². The topological polar surface area (TPSA) is 12.9 Å². The highest BCUT2D eigenvalue weighted by Gasteiger charge is 2.12. The first-order valence-electron chi connectivity index (χ1n) is 3.78. The Morgan fingerprint density at radius 1 is 1.36 bits per heavy atom. The second-order valence-electron chi connectivity index (χ2n) is 3.79. The Balaban J connectivity index is 3.06. The molecule has 1 heteroatoms. The Hall–Kier alpha value is -0.850. The Morgan fingerprint density at radius 2 is 2.00 bits per heavy atom. The second-order valence-corrected chi connectivity index (χ2v) is 3.79. The van der Waals surface area contributed by atoms with Crippen LogP contribution in [0.15, 0.2) is 18.3 Å². The summed E-state index contributed by atoms with van der Waals surface area (Å²) in [7, 11) is 0. The highest BCUT2D eigenvalue weighted by atomic mass is 14.6. The zero-order chi connectivity index (χ0) is 8.48. The van der Waals surface area contributed by atoms with E-state index in [1.807, 2.05) is 18.3 Å². The maximum Gasteiger partial charge on any atom is 0.0410 e. The summed E-state index contributed by atoms with van der Waals surface area (Å²) in [6, 6.07) is 4.06. The van der Waals surface area contributed by atoms with Crippen LogP contribution in [0.25, 0.3) is 0 Å². The Labute approximate surface area is 68.5 Å². The molecule has 0 unspecified atom stereocenters. The summed E-state index contributed by atoms with van der Waals surface area (Å²) in [6.07, 6.45) is 1.81. The Kier molecular flexibility index (Phi) is 1.99. The predicted octanol–water partition coefficient (Wildman–Crippen LogP) is 2.56. The lowest BCUT2D eigenvalue weighted by Crippen LogP contribution is -2.11. The molecule has 1 heterocycles. The van der Waals surface area contributed by atoms with Crippen LogP contribution in [0.5, 0.6) is 0 Å². The fraction of sp³-hybridized carbons (Fsp3) is 0.400. The summed E-state index contributed by atoms with van der Waals surface area (Å²) >= 11 is 0. The van der Waals surface area contributed by atoms with Gasteiger partial charge in [0.05, 0.1) is 0 Å². The molecule has 0 fully saturated rings. The van der Waals surface area contributed by atoms with Crippen molar-refractivity contribution in [3.8, 4) is 0 Å². The summed E-state index contributed by atoms with van der Waals surface area (Å²) in [5.41, 5.74) is 2.34. The van der Waals surface area contributed by atoms with Gasteiger partial charge in [0.25, 0.3) is 0 Å². The first-order valence-corrected chi connectivity index (χ1v) is 3.78. The van der Waals surface area contributed by atoms with Gasteiger partial charge in [0.2, 0.25) is 0 Å². The maximum absolute atomic E-state index is 4.04. The number of aromatic nitrogens is 1. The van der Waals surface area contributed by atoms with Crippen molar-refractivity contribution in [3.63, 3.8) is 0 Å².